The van der Waals surface area contributed by atoms with Gasteiger partial charge < -0.3 is 16.0 Å². The van der Waals surface area contributed by atoms with Crippen molar-refractivity contribution in [3.8, 4) is 0 Å². The topological polar surface area (TPSA) is 41.3 Å². The fourth-order valence-corrected chi connectivity index (χ4v) is 1.50. The third kappa shape index (κ3) is 4.06. The van der Waals surface area contributed by atoms with E-state index < -0.39 is 5.82 Å². The van der Waals surface area contributed by atoms with Crippen molar-refractivity contribution in [2.45, 2.75) is 19.9 Å². The highest BCUT2D eigenvalue weighted by molar-refractivity contribution is 6.31. The molecule has 0 aliphatic heterocycles. The molecule has 0 saturated heterocycles. The molecular formula is C12H19ClFN3. The highest BCUT2D eigenvalue weighted by Crippen LogP contribution is 2.25. The smallest absolute Gasteiger partial charge is 0.143 e. The van der Waals surface area contributed by atoms with Crippen molar-refractivity contribution < 1.29 is 4.39 Å². The monoisotopic (exact) mass is 259 g/mol. The summed E-state index contributed by atoms with van der Waals surface area (Å²) in [4.78, 5) is 2.20. The van der Waals surface area contributed by atoms with Gasteiger partial charge in [-0.3, -0.25) is 0 Å². The van der Waals surface area contributed by atoms with Gasteiger partial charge in [-0.1, -0.05) is 11.6 Å². The second-order valence-electron chi connectivity index (χ2n) is 4.35. The molecule has 17 heavy (non-hydrogen) atoms. The number of halogens is 2. The summed E-state index contributed by atoms with van der Waals surface area (Å²) in [5, 5.41) is 3.23. The maximum atomic E-state index is 13.1. The molecule has 0 aliphatic carbocycles. The molecule has 1 aromatic rings. The van der Waals surface area contributed by atoms with Gasteiger partial charge in [0.25, 0.3) is 0 Å². The lowest BCUT2D eigenvalue weighted by Crippen LogP contribution is -2.31. The first-order valence-corrected chi connectivity index (χ1v) is 5.98. The molecule has 0 aromatic heterocycles. The van der Waals surface area contributed by atoms with E-state index in [2.05, 4.69) is 24.1 Å². The molecule has 0 amide bonds. The van der Waals surface area contributed by atoms with Crippen LogP contribution in [0.5, 0.6) is 0 Å². The normalized spacial score (nSPS) is 11.2. The Morgan fingerprint density at radius 1 is 1.47 bits per heavy atom. The average Bonchev–Trinajstić information content (AvgIpc) is 2.25. The van der Waals surface area contributed by atoms with Crippen LogP contribution in [-0.2, 0) is 0 Å². The molecule has 0 bridgehead atoms. The standard InChI is InChI=1S/C12H19ClFN3/c1-8(2)17(3)5-4-16-12-6-9(13)10(14)7-11(12)15/h6-8,16H,4-5,15H2,1-3H3. The number of likely N-dealkylation sites (N-methyl/N-ethyl adjacent to an activating group) is 1. The van der Waals surface area contributed by atoms with Crippen molar-refractivity contribution in [3.63, 3.8) is 0 Å². The van der Waals surface area contributed by atoms with Gasteiger partial charge in [-0.05, 0) is 27.0 Å². The molecule has 0 radical (unpaired) electrons. The molecular weight excluding hydrogens is 241 g/mol. The van der Waals surface area contributed by atoms with E-state index in [-0.39, 0.29) is 5.02 Å². The molecule has 1 rings (SSSR count). The van der Waals surface area contributed by atoms with Crippen LogP contribution >= 0.6 is 11.6 Å². The van der Waals surface area contributed by atoms with Crippen LogP contribution in [-0.4, -0.2) is 31.1 Å². The molecule has 0 spiro atoms. The van der Waals surface area contributed by atoms with Gasteiger partial charge in [-0.25, -0.2) is 4.39 Å². The van der Waals surface area contributed by atoms with Crippen LogP contribution in [0.15, 0.2) is 12.1 Å². The van der Waals surface area contributed by atoms with E-state index in [1.165, 1.54) is 12.1 Å². The number of nitrogens with two attached hydrogens (primary N) is 1. The van der Waals surface area contributed by atoms with Crippen molar-refractivity contribution >= 4 is 23.0 Å². The fraction of sp³-hybridized carbons (Fsp3) is 0.500. The molecule has 0 unspecified atom stereocenters. The Morgan fingerprint density at radius 3 is 2.71 bits per heavy atom. The van der Waals surface area contributed by atoms with E-state index in [0.29, 0.717) is 17.4 Å². The van der Waals surface area contributed by atoms with Crippen LogP contribution in [0.1, 0.15) is 13.8 Å². The van der Waals surface area contributed by atoms with Gasteiger partial charge in [0.1, 0.15) is 5.82 Å². The number of benzene rings is 1. The van der Waals surface area contributed by atoms with E-state index in [4.69, 9.17) is 17.3 Å². The lowest BCUT2D eigenvalue weighted by molar-refractivity contribution is 0.284. The summed E-state index contributed by atoms with van der Waals surface area (Å²) in [6.45, 7) is 5.87. The number of nitrogens with zero attached hydrogens (tertiary/aromatic N) is 1. The molecule has 0 atom stereocenters. The summed E-state index contributed by atoms with van der Waals surface area (Å²) in [6.07, 6.45) is 0. The zero-order valence-corrected chi connectivity index (χ0v) is 11.2. The lowest BCUT2D eigenvalue weighted by atomic mass is 10.2. The molecule has 0 heterocycles. The maximum absolute atomic E-state index is 13.1. The first kappa shape index (κ1) is 14.1. The Hall–Kier alpha value is -1.00. The third-order valence-electron chi connectivity index (χ3n) is 2.75. The van der Waals surface area contributed by atoms with Crippen LogP contribution < -0.4 is 11.1 Å². The first-order chi connectivity index (χ1) is 7.91. The minimum atomic E-state index is -0.492. The van der Waals surface area contributed by atoms with Gasteiger partial charge in [-0.15, -0.1) is 0 Å². The summed E-state index contributed by atoms with van der Waals surface area (Å²) in [6, 6.07) is 3.24. The predicted octanol–water partition coefficient (Wildman–Crippen LogP) is 2.81. The van der Waals surface area contributed by atoms with Gasteiger partial charge in [-0.2, -0.15) is 0 Å². The molecule has 3 N–H and O–H groups in total. The Kier molecular flexibility index (Phi) is 5.02. The van der Waals surface area contributed by atoms with Crippen molar-refractivity contribution in [1.82, 2.24) is 4.90 Å². The minimum absolute atomic E-state index is 0.0823. The second kappa shape index (κ2) is 6.07. The van der Waals surface area contributed by atoms with Crippen molar-refractivity contribution in [2.75, 3.05) is 31.2 Å². The zero-order chi connectivity index (χ0) is 13.0. The average molecular weight is 260 g/mol. The van der Waals surface area contributed by atoms with Gasteiger partial charge in [0.2, 0.25) is 0 Å². The van der Waals surface area contributed by atoms with Crippen molar-refractivity contribution in [1.29, 1.82) is 0 Å². The molecule has 0 aliphatic rings. The third-order valence-corrected chi connectivity index (χ3v) is 3.04. The largest absolute Gasteiger partial charge is 0.397 e. The maximum Gasteiger partial charge on any atom is 0.143 e. The molecule has 3 nitrogen and oxygen atoms in total. The number of nitrogen functional groups attached to an aromatic ring is 1. The van der Waals surface area contributed by atoms with Crippen molar-refractivity contribution in [3.05, 3.63) is 23.0 Å². The van der Waals surface area contributed by atoms with Crippen LogP contribution in [0.3, 0.4) is 0 Å². The summed E-state index contributed by atoms with van der Waals surface area (Å²) < 4.78 is 13.1. The van der Waals surface area contributed by atoms with Crippen LogP contribution in [0.4, 0.5) is 15.8 Å². The van der Waals surface area contributed by atoms with E-state index in [1.54, 1.807) is 0 Å². The van der Waals surface area contributed by atoms with Gasteiger partial charge >= 0.3 is 0 Å². The SMILES string of the molecule is CC(C)N(C)CCNc1cc(Cl)c(F)cc1N. The number of hydrogen-bond donors (Lipinski definition) is 2. The summed E-state index contributed by atoms with van der Waals surface area (Å²) in [5.41, 5.74) is 6.74. The number of rotatable bonds is 5. The lowest BCUT2D eigenvalue weighted by Gasteiger charge is -2.21. The van der Waals surface area contributed by atoms with Gasteiger partial charge in [0, 0.05) is 25.2 Å². The predicted molar refractivity (Wildman–Crippen MR) is 72.1 cm³/mol. The Balaban J connectivity index is 2.55. The second-order valence-corrected chi connectivity index (χ2v) is 4.76. The quantitative estimate of drug-likeness (QED) is 0.799. The number of anilines is 2. The Labute approximate surface area is 107 Å². The Morgan fingerprint density at radius 2 is 2.12 bits per heavy atom. The summed E-state index contributed by atoms with van der Waals surface area (Å²) in [5.74, 6) is -0.492. The molecule has 96 valence electrons. The van der Waals surface area contributed by atoms with E-state index in [9.17, 15) is 4.39 Å². The molecule has 0 saturated carbocycles. The molecule has 1 aromatic carbocycles. The van der Waals surface area contributed by atoms with E-state index in [0.717, 1.165) is 13.1 Å². The van der Waals surface area contributed by atoms with Crippen molar-refractivity contribution in [2.24, 2.45) is 0 Å². The van der Waals surface area contributed by atoms with E-state index in [1.807, 2.05) is 7.05 Å². The van der Waals surface area contributed by atoms with E-state index >= 15 is 0 Å². The first-order valence-electron chi connectivity index (χ1n) is 5.60. The summed E-state index contributed by atoms with van der Waals surface area (Å²) >= 11 is 5.70. The molecule has 0 fully saturated rings. The van der Waals surface area contributed by atoms with Crippen LogP contribution in [0, 0.1) is 5.82 Å². The van der Waals surface area contributed by atoms with Crippen LogP contribution in [0.25, 0.3) is 0 Å². The number of hydrogen-bond acceptors (Lipinski definition) is 3. The number of nitrogens with one attached hydrogen (secondary N) is 1. The minimum Gasteiger partial charge on any atom is -0.397 e. The highest BCUT2D eigenvalue weighted by Gasteiger charge is 2.07. The molecule has 5 heteroatoms. The fourth-order valence-electron chi connectivity index (χ4n) is 1.34. The zero-order valence-electron chi connectivity index (χ0n) is 10.4. The van der Waals surface area contributed by atoms with Gasteiger partial charge in [0.05, 0.1) is 16.4 Å². The van der Waals surface area contributed by atoms with Gasteiger partial charge in [0.15, 0.2) is 0 Å². The summed E-state index contributed by atoms with van der Waals surface area (Å²) in [7, 11) is 2.05. The highest BCUT2D eigenvalue weighted by atomic mass is 35.5. The Bertz CT molecular complexity index is 382. The van der Waals surface area contributed by atoms with Crippen LogP contribution in [0.2, 0.25) is 5.02 Å².